The lowest BCUT2D eigenvalue weighted by atomic mass is 10.2. The molecule has 7 heteroatoms. The highest BCUT2D eigenvalue weighted by Crippen LogP contribution is 2.16. The molecule has 0 atom stereocenters. The Hall–Kier alpha value is -2.16. The van der Waals surface area contributed by atoms with Gasteiger partial charge in [-0.3, -0.25) is 9.59 Å². The Labute approximate surface area is 171 Å². The van der Waals surface area contributed by atoms with E-state index in [0.717, 1.165) is 13.1 Å². The summed E-state index contributed by atoms with van der Waals surface area (Å²) in [6.45, 7) is 3.17. The molecule has 27 heavy (non-hydrogen) atoms. The van der Waals surface area contributed by atoms with Crippen LogP contribution >= 0.6 is 22.6 Å². The number of amides is 2. The maximum atomic E-state index is 13.3. The topological polar surface area (TPSA) is 52.7 Å². The SMILES string of the molecule is O=C(NCCC(=O)N1CCN(c2ccccc2)CC1)c1cc(F)ccc1I. The number of rotatable bonds is 5. The molecule has 5 nitrogen and oxygen atoms in total. The van der Waals surface area contributed by atoms with Crippen molar-refractivity contribution in [2.75, 3.05) is 37.6 Å². The van der Waals surface area contributed by atoms with Crippen molar-refractivity contribution in [1.82, 2.24) is 10.2 Å². The van der Waals surface area contributed by atoms with Crippen molar-refractivity contribution in [2.45, 2.75) is 6.42 Å². The molecule has 0 unspecified atom stereocenters. The van der Waals surface area contributed by atoms with E-state index >= 15 is 0 Å². The molecule has 1 heterocycles. The average Bonchev–Trinajstić information content (AvgIpc) is 2.70. The van der Waals surface area contributed by atoms with Crippen LogP contribution in [0.1, 0.15) is 16.8 Å². The minimum absolute atomic E-state index is 0.0250. The highest BCUT2D eigenvalue weighted by molar-refractivity contribution is 14.1. The Balaban J connectivity index is 1.44. The summed E-state index contributed by atoms with van der Waals surface area (Å²) in [5.74, 6) is -0.787. The van der Waals surface area contributed by atoms with Crippen molar-refractivity contribution in [2.24, 2.45) is 0 Å². The molecule has 0 radical (unpaired) electrons. The molecule has 1 aliphatic heterocycles. The molecule has 1 aliphatic rings. The molecule has 142 valence electrons. The number of para-hydroxylation sites is 1. The van der Waals surface area contributed by atoms with Gasteiger partial charge in [0.05, 0.1) is 5.56 Å². The molecule has 1 N–H and O–H groups in total. The lowest BCUT2D eigenvalue weighted by Crippen LogP contribution is -2.49. The van der Waals surface area contributed by atoms with Crippen molar-refractivity contribution in [1.29, 1.82) is 0 Å². The van der Waals surface area contributed by atoms with E-state index in [1.54, 1.807) is 6.07 Å². The third-order valence-electron chi connectivity index (χ3n) is 4.55. The lowest BCUT2D eigenvalue weighted by molar-refractivity contribution is -0.131. The Kier molecular flexibility index (Phi) is 6.65. The molecular weight excluding hydrogens is 460 g/mol. The molecule has 0 spiro atoms. The highest BCUT2D eigenvalue weighted by Gasteiger charge is 2.21. The van der Waals surface area contributed by atoms with Crippen LogP contribution in [0, 0.1) is 9.39 Å². The summed E-state index contributed by atoms with van der Waals surface area (Å²) in [5, 5.41) is 2.70. The molecule has 0 saturated carbocycles. The van der Waals surface area contributed by atoms with Gasteiger partial charge < -0.3 is 15.1 Å². The van der Waals surface area contributed by atoms with Crippen molar-refractivity contribution in [3.63, 3.8) is 0 Å². The zero-order valence-electron chi connectivity index (χ0n) is 14.8. The molecule has 3 rings (SSSR count). The normalized spacial score (nSPS) is 14.1. The fraction of sp³-hybridized carbons (Fsp3) is 0.300. The zero-order valence-corrected chi connectivity index (χ0v) is 17.0. The predicted octanol–water partition coefficient (Wildman–Crippen LogP) is 2.90. The number of hydrogen-bond donors (Lipinski definition) is 1. The molecule has 0 bridgehead atoms. The summed E-state index contributed by atoms with van der Waals surface area (Å²) < 4.78 is 14.0. The van der Waals surface area contributed by atoms with Crippen molar-refractivity contribution < 1.29 is 14.0 Å². The number of piperazine rings is 1. The van der Waals surface area contributed by atoms with Gasteiger partial charge in [-0.1, -0.05) is 18.2 Å². The first kappa shape index (κ1) is 19.6. The average molecular weight is 481 g/mol. The van der Waals surface area contributed by atoms with Gasteiger partial charge >= 0.3 is 0 Å². The second-order valence-electron chi connectivity index (χ2n) is 6.33. The summed E-state index contributed by atoms with van der Waals surface area (Å²) in [6, 6.07) is 14.2. The number of nitrogens with zero attached hydrogens (tertiary/aromatic N) is 2. The van der Waals surface area contributed by atoms with Gasteiger partial charge in [0.1, 0.15) is 5.82 Å². The van der Waals surface area contributed by atoms with Crippen LogP contribution in [0.25, 0.3) is 0 Å². The second kappa shape index (κ2) is 9.16. The van der Waals surface area contributed by atoms with Gasteiger partial charge in [0.2, 0.25) is 5.91 Å². The second-order valence-corrected chi connectivity index (χ2v) is 7.50. The maximum absolute atomic E-state index is 13.3. The molecule has 1 fully saturated rings. The summed E-state index contributed by atoms with van der Waals surface area (Å²) >= 11 is 1.99. The summed E-state index contributed by atoms with van der Waals surface area (Å²) in [4.78, 5) is 28.6. The number of carbonyl (C=O) groups excluding carboxylic acids is 2. The van der Waals surface area contributed by atoms with Gasteiger partial charge in [-0.2, -0.15) is 0 Å². The third kappa shape index (κ3) is 5.18. The Morgan fingerprint density at radius 1 is 1.04 bits per heavy atom. The fourth-order valence-corrected chi connectivity index (χ4v) is 3.64. The number of carbonyl (C=O) groups is 2. The molecule has 2 amide bonds. The fourth-order valence-electron chi connectivity index (χ4n) is 3.06. The Bertz CT molecular complexity index is 808. The highest BCUT2D eigenvalue weighted by atomic mass is 127. The maximum Gasteiger partial charge on any atom is 0.252 e. The quantitative estimate of drug-likeness (QED) is 0.669. The van der Waals surface area contributed by atoms with Gasteiger partial charge in [-0.25, -0.2) is 4.39 Å². The largest absolute Gasteiger partial charge is 0.368 e. The van der Waals surface area contributed by atoms with Gasteiger partial charge in [0, 0.05) is 48.4 Å². The summed E-state index contributed by atoms with van der Waals surface area (Å²) in [7, 11) is 0. The van der Waals surface area contributed by atoms with E-state index in [0.29, 0.717) is 22.2 Å². The zero-order chi connectivity index (χ0) is 19.2. The number of nitrogens with one attached hydrogen (secondary N) is 1. The van der Waals surface area contributed by atoms with E-state index in [2.05, 4.69) is 22.3 Å². The van der Waals surface area contributed by atoms with E-state index in [4.69, 9.17) is 0 Å². The van der Waals surface area contributed by atoms with E-state index in [-0.39, 0.29) is 24.8 Å². The van der Waals surface area contributed by atoms with E-state index in [9.17, 15) is 14.0 Å². The molecule has 2 aromatic carbocycles. The van der Waals surface area contributed by atoms with Gasteiger partial charge in [0.25, 0.3) is 5.91 Å². The lowest BCUT2D eigenvalue weighted by Gasteiger charge is -2.36. The van der Waals surface area contributed by atoms with Crippen LogP contribution in [0.5, 0.6) is 0 Å². The standard InChI is InChI=1S/C20H21FIN3O2/c21-15-6-7-18(22)17(14-15)20(27)23-9-8-19(26)25-12-10-24(11-13-25)16-4-2-1-3-5-16/h1-7,14H,8-13H2,(H,23,27). The molecular formula is C20H21FIN3O2. The number of hydrogen-bond acceptors (Lipinski definition) is 3. The molecule has 0 aliphatic carbocycles. The monoisotopic (exact) mass is 481 g/mol. The molecule has 2 aromatic rings. The smallest absolute Gasteiger partial charge is 0.252 e. The first-order chi connectivity index (χ1) is 13.0. The van der Waals surface area contributed by atoms with Crippen molar-refractivity contribution in [3.05, 3.63) is 63.5 Å². The molecule has 0 aromatic heterocycles. The predicted molar refractivity (Wildman–Crippen MR) is 111 cm³/mol. The summed E-state index contributed by atoms with van der Waals surface area (Å²) in [5.41, 5.74) is 1.46. The van der Waals surface area contributed by atoms with Crippen LogP contribution in [-0.2, 0) is 4.79 Å². The minimum Gasteiger partial charge on any atom is -0.368 e. The van der Waals surface area contributed by atoms with E-state index < -0.39 is 5.82 Å². The Morgan fingerprint density at radius 2 is 1.74 bits per heavy atom. The van der Waals surface area contributed by atoms with Gasteiger partial charge in [-0.15, -0.1) is 0 Å². The number of benzene rings is 2. The summed E-state index contributed by atoms with van der Waals surface area (Å²) in [6.07, 6.45) is 0.239. The van der Waals surface area contributed by atoms with Crippen LogP contribution in [0.2, 0.25) is 0 Å². The molecule has 1 saturated heterocycles. The number of anilines is 1. The first-order valence-electron chi connectivity index (χ1n) is 8.85. The van der Waals surface area contributed by atoms with Crippen LogP contribution in [0.3, 0.4) is 0 Å². The van der Waals surface area contributed by atoms with Crippen molar-refractivity contribution in [3.8, 4) is 0 Å². The minimum atomic E-state index is -0.451. The van der Waals surface area contributed by atoms with Crippen LogP contribution in [-0.4, -0.2) is 49.4 Å². The third-order valence-corrected chi connectivity index (χ3v) is 5.49. The van der Waals surface area contributed by atoms with Crippen LogP contribution in [0.4, 0.5) is 10.1 Å². The van der Waals surface area contributed by atoms with Crippen LogP contribution in [0.15, 0.2) is 48.5 Å². The van der Waals surface area contributed by atoms with Crippen LogP contribution < -0.4 is 10.2 Å². The van der Waals surface area contributed by atoms with E-state index in [1.807, 2.05) is 45.7 Å². The van der Waals surface area contributed by atoms with Gasteiger partial charge in [0.15, 0.2) is 0 Å². The van der Waals surface area contributed by atoms with Crippen molar-refractivity contribution >= 4 is 40.1 Å². The first-order valence-corrected chi connectivity index (χ1v) is 9.93. The number of halogens is 2. The van der Waals surface area contributed by atoms with E-state index in [1.165, 1.54) is 17.8 Å². The van der Waals surface area contributed by atoms with Gasteiger partial charge in [-0.05, 0) is 52.9 Å². The Morgan fingerprint density at radius 3 is 2.44 bits per heavy atom.